The van der Waals surface area contributed by atoms with E-state index in [-0.39, 0.29) is 18.1 Å². The average molecular weight is 297 g/mol. The minimum Gasteiger partial charge on any atom is -0.496 e. The topological polar surface area (TPSA) is 55.4 Å². The summed E-state index contributed by atoms with van der Waals surface area (Å²) in [6.45, 7) is 3.49. The van der Waals surface area contributed by atoms with Crippen molar-refractivity contribution >= 4 is 17.4 Å². The molecule has 0 saturated carbocycles. The molecule has 2 rings (SSSR count). The molecule has 2 aromatic carbocycles. The third-order valence-electron chi connectivity index (χ3n) is 3.37. The van der Waals surface area contributed by atoms with Crippen LogP contribution in [0, 0.1) is 6.92 Å². The van der Waals surface area contributed by atoms with Crippen LogP contribution in [0.2, 0.25) is 0 Å². The number of benzene rings is 2. The highest BCUT2D eigenvalue weighted by Crippen LogP contribution is 2.21. The number of amides is 1. The summed E-state index contributed by atoms with van der Waals surface area (Å²) < 4.78 is 5.26. The predicted octanol–water partition coefficient (Wildman–Crippen LogP) is 3.39. The van der Waals surface area contributed by atoms with Crippen molar-refractivity contribution in [1.29, 1.82) is 0 Å². The SMILES string of the molecule is COc1ccc(C(C)=O)cc1CC(=O)Nc1ccc(C)cc1. The maximum absolute atomic E-state index is 12.2. The number of carbonyl (C=O) groups is 2. The van der Waals surface area contributed by atoms with Gasteiger partial charge in [0.2, 0.25) is 5.91 Å². The fraction of sp³-hybridized carbons (Fsp3) is 0.222. The van der Waals surface area contributed by atoms with Crippen molar-refractivity contribution in [2.45, 2.75) is 20.3 Å². The quantitative estimate of drug-likeness (QED) is 0.861. The Bertz CT molecular complexity index is 690. The Labute approximate surface area is 130 Å². The zero-order valence-electron chi connectivity index (χ0n) is 13.0. The number of hydrogen-bond acceptors (Lipinski definition) is 3. The van der Waals surface area contributed by atoms with Gasteiger partial charge in [-0.05, 0) is 44.2 Å². The second kappa shape index (κ2) is 6.89. The summed E-state index contributed by atoms with van der Waals surface area (Å²) in [4.78, 5) is 23.6. The molecule has 22 heavy (non-hydrogen) atoms. The monoisotopic (exact) mass is 297 g/mol. The van der Waals surface area contributed by atoms with Crippen molar-refractivity contribution < 1.29 is 14.3 Å². The van der Waals surface area contributed by atoms with Gasteiger partial charge < -0.3 is 10.1 Å². The number of methoxy groups -OCH3 is 1. The number of Topliss-reactive ketones (excluding diaryl/α,β-unsaturated/α-hetero) is 1. The minimum atomic E-state index is -0.150. The molecule has 0 bridgehead atoms. The van der Waals surface area contributed by atoms with Crippen LogP contribution in [-0.2, 0) is 11.2 Å². The number of anilines is 1. The van der Waals surface area contributed by atoms with Crippen LogP contribution >= 0.6 is 0 Å². The first-order chi connectivity index (χ1) is 10.5. The number of aryl methyl sites for hydroxylation is 1. The highest BCUT2D eigenvalue weighted by atomic mass is 16.5. The van der Waals surface area contributed by atoms with Crippen LogP contribution in [0.4, 0.5) is 5.69 Å². The summed E-state index contributed by atoms with van der Waals surface area (Å²) in [6, 6.07) is 12.7. The van der Waals surface area contributed by atoms with Gasteiger partial charge in [0.05, 0.1) is 13.5 Å². The zero-order chi connectivity index (χ0) is 16.1. The van der Waals surface area contributed by atoms with Gasteiger partial charge in [-0.25, -0.2) is 0 Å². The second-order valence-electron chi connectivity index (χ2n) is 5.17. The van der Waals surface area contributed by atoms with E-state index in [0.29, 0.717) is 16.9 Å². The van der Waals surface area contributed by atoms with E-state index in [0.717, 1.165) is 11.3 Å². The maximum atomic E-state index is 12.2. The fourth-order valence-corrected chi connectivity index (χ4v) is 2.15. The van der Waals surface area contributed by atoms with Crippen LogP contribution in [-0.4, -0.2) is 18.8 Å². The lowest BCUT2D eigenvalue weighted by atomic mass is 10.0. The Kier molecular flexibility index (Phi) is 4.94. The highest BCUT2D eigenvalue weighted by molar-refractivity contribution is 5.96. The second-order valence-corrected chi connectivity index (χ2v) is 5.17. The summed E-state index contributed by atoms with van der Waals surface area (Å²) in [5.74, 6) is 0.412. The standard InChI is InChI=1S/C18H19NO3/c1-12-4-7-16(8-5-12)19-18(21)11-15-10-14(13(2)20)6-9-17(15)22-3/h4-10H,11H2,1-3H3,(H,19,21). The average Bonchev–Trinajstić information content (AvgIpc) is 2.49. The van der Waals surface area contributed by atoms with Crippen molar-refractivity contribution in [3.05, 3.63) is 59.2 Å². The lowest BCUT2D eigenvalue weighted by Crippen LogP contribution is -2.15. The molecule has 4 heteroatoms. The molecule has 1 amide bonds. The molecule has 0 aliphatic rings. The van der Waals surface area contributed by atoms with Crippen LogP contribution < -0.4 is 10.1 Å². The Hall–Kier alpha value is -2.62. The molecular formula is C18H19NO3. The van der Waals surface area contributed by atoms with Gasteiger partial charge in [0, 0.05) is 16.8 Å². The van der Waals surface area contributed by atoms with E-state index in [9.17, 15) is 9.59 Å². The van der Waals surface area contributed by atoms with Crippen LogP contribution in [0.1, 0.15) is 28.4 Å². The third kappa shape index (κ3) is 3.95. The predicted molar refractivity (Wildman–Crippen MR) is 86.5 cm³/mol. The number of ether oxygens (including phenoxy) is 1. The van der Waals surface area contributed by atoms with Crippen LogP contribution in [0.5, 0.6) is 5.75 Å². The molecule has 0 spiro atoms. The molecule has 0 radical (unpaired) electrons. The lowest BCUT2D eigenvalue weighted by Gasteiger charge is -2.10. The number of carbonyl (C=O) groups excluding carboxylic acids is 2. The molecule has 0 aromatic heterocycles. The van der Waals surface area contributed by atoms with Crippen LogP contribution in [0.15, 0.2) is 42.5 Å². The fourth-order valence-electron chi connectivity index (χ4n) is 2.15. The van der Waals surface area contributed by atoms with E-state index in [4.69, 9.17) is 4.74 Å². The Balaban J connectivity index is 2.14. The van der Waals surface area contributed by atoms with E-state index in [1.54, 1.807) is 25.3 Å². The van der Waals surface area contributed by atoms with Gasteiger partial charge in [-0.2, -0.15) is 0 Å². The van der Waals surface area contributed by atoms with E-state index in [1.807, 2.05) is 31.2 Å². The summed E-state index contributed by atoms with van der Waals surface area (Å²) in [6.07, 6.45) is 0.151. The molecule has 0 fully saturated rings. The highest BCUT2D eigenvalue weighted by Gasteiger charge is 2.11. The molecule has 0 saturated heterocycles. The van der Waals surface area contributed by atoms with E-state index >= 15 is 0 Å². The van der Waals surface area contributed by atoms with Crippen LogP contribution in [0.3, 0.4) is 0 Å². The van der Waals surface area contributed by atoms with Gasteiger partial charge in [-0.1, -0.05) is 17.7 Å². The molecule has 4 nitrogen and oxygen atoms in total. The molecule has 0 atom stereocenters. The van der Waals surface area contributed by atoms with E-state index < -0.39 is 0 Å². The zero-order valence-corrected chi connectivity index (χ0v) is 13.0. The van der Waals surface area contributed by atoms with E-state index in [1.165, 1.54) is 6.92 Å². The summed E-state index contributed by atoms with van der Waals surface area (Å²) in [5, 5.41) is 2.84. The smallest absolute Gasteiger partial charge is 0.228 e. The van der Waals surface area contributed by atoms with Gasteiger partial charge >= 0.3 is 0 Å². The number of hydrogen-bond donors (Lipinski definition) is 1. The van der Waals surface area contributed by atoms with Gasteiger partial charge in [0.25, 0.3) is 0 Å². The molecule has 0 unspecified atom stereocenters. The van der Waals surface area contributed by atoms with Gasteiger partial charge in [-0.3, -0.25) is 9.59 Å². The number of ketones is 1. The van der Waals surface area contributed by atoms with Gasteiger partial charge in [0.15, 0.2) is 5.78 Å². The number of nitrogens with one attached hydrogen (secondary N) is 1. The third-order valence-corrected chi connectivity index (χ3v) is 3.37. The summed E-state index contributed by atoms with van der Waals surface area (Å²) >= 11 is 0. The van der Waals surface area contributed by atoms with Crippen molar-refractivity contribution in [2.24, 2.45) is 0 Å². The Morgan fingerprint density at radius 2 is 1.77 bits per heavy atom. The first-order valence-corrected chi connectivity index (χ1v) is 7.04. The van der Waals surface area contributed by atoms with Crippen molar-refractivity contribution in [3.63, 3.8) is 0 Å². The number of rotatable bonds is 5. The lowest BCUT2D eigenvalue weighted by molar-refractivity contribution is -0.115. The molecule has 0 heterocycles. The van der Waals surface area contributed by atoms with Crippen LogP contribution in [0.25, 0.3) is 0 Å². The first kappa shape index (κ1) is 15.8. The van der Waals surface area contributed by atoms with Gasteiger partial charge in [-0.15, -0.1) is 0 Å². The molecule has 0 aliphatic carbocycles. The molecule has 0 aliphatic heterocycles. The normalized spacial score (nSPS) is 10.1. The summed E-state index contributed by atoms with van der Waals surface area (Å²) in [5.41, 5.74) is 3.14. The first-order valence-electron chi connectivity index (χ1n) is 7.04. The Morgan fingerprint density at radius 1 is 1.09 bits per heavy atom. The Morgan fingerprint density at radius 3 is 2.36 bits per heavy atom. The van der Waals surface area contributed by atoms with Crippen molar-refractivity contribution in [2.75, 3.05) is 12.4 Å². The summed E-state index contributed by atoms with van der Waals surface area (Å²) in [7, 11) is 1.55. The maximum Gasteiger partial charge on any atom is 0.228 e. The molecule has 1 N–H and O–H groups in total. The molecule has 2 aromatic rings. The molecular weight excluding hydrogens is 278 g/mol. The molecule has 114 valence electrons. The van der Waals surface area contributed by atoms with Crippen molar-refractivity contribution in [3.8, 4) is 5.75 Å². The van der Waals surface area contributed by atoms with E-state index in [2.05, 4.69) is 5.32 Å². The van der Waals surface area contributed by atoms with Gasteiger partial charge in [0.1, 0.15) is 5.75 Å². The largest absolute Gasteiger partial charge is 0.496 e. The minimum absolute atomic E-state index is 0.0390. The van der Waals surface area contributed by atoms with Crippen molar-refractivity contribution in [1.82, 2.24) is 0 Å².